The van der Waals surface area contributed by atoms with E-state index in [1.807, 2.05) is 12.1 Å². The van der Waals surface area contributed by atoms with Gasteiger partial charge in [0, 0.05) is 5.02 Å². The van der Waals surface area contributed by atoms with E-state index in [1.54, 1.807) is 30.3 Å². The molecular formula is C15H13Cl2NO2S. The molecule has 0 aliphatic carbocycles. The van der Waals surface area contributed by atoms with Crippen molar-refractivity contribution in [3.63, 3.8) is 0 Å². The van der Waals surface area contributed by atoms with Crippen molar-refractivity contribution in [1.29, 1.82) is 0 Å². The second kappa shape index (κ2) is 7.50. The number of rotatable bonds is 6. The number of hydrogen-bond donors (Lipinski definition) is 1. The van der Waals surface area contributed by atoms with E-state index in [1.165, 1.54) is 0 Å². The van der Waals surface area contributed by atoms with Crippen molar-refractivity contribution in [1.82, 2.24) is 0 Å². The average molecular weight is 342 g/mol. The van der Waals surface area contributed by atoms with Gasteiger partial charge in [0.2, 0.25) is 0 Å². The third-order valence-electron chi connectivity index (χ3n) is 2.64. The maximum Gasteiger partial charge on any atom is 0.138 e. The summed E-state index contributed by atoms with van der Waals surface area (Å²) in [5, 5.41) is 1.12. The van der Waals surface area contributed by atoms with Crippen LogP contribution < -0.4 is 15.2 Å². The van der Waals surface area contributed by atoms with E-state index in [9.17, 15) is 0 Å². The minimum atomic E-state index is 0.236. The fraction of sp³-hybridized carbons (Fsp3) is 0.133. The van der Waals surface area contributed by atoms with Crippen LogP contribution in [0.5, 0.6) is 11.5 Å². The summed E-state index contributed by atoms with van der Waals surface area (Å²) in [4.78, 5) is 0.236. The zero-order chi connectivity index (χ0) is 15.2. The van der Waals surface area contributed by atoms with Gasteiger partial charge < -0.3 is 15.2 Å². The quantitative estimate of drug-likeness (QED) is 0.634. The van der Waals surface area contributed by atoms with Crippen molar-refractivity contribution in [3.8, 4) is 11.5 Å². The maximum atomic E-state index is 5.99. The molecule has 2 aromatic carbocycles. The molecule has 21 heavy (non-hydrogen) atoms. The van der Waals surface area contributed by atoms with E-state index < -0.39 is 0 Å². The van der Waals surface area contributed by atoms with Crippen LogP contribution in [0, 0.1) is 0 Å². The summed E-state index contributed by atoms with van der Waals surface area (Å²) in [6, 6.07) is 12.4. The maximum absolute atomic E-state index is 5.99. The lowest BCUT2D eigenvalue weighted by atomic mass is 10.2. The van der Waals surface area contributed by atoms with E-state index in [-0.39, 0.29) is 4.99 Å². The Morgan fingerprint density at radius 3 is 2.33 bits per heavy atom. The highest BCUT2D eigenvalue weighted by Gasteiger charge is 2.07. The summed E-state index contributed by atoms with van der Waals surface area (Å²) in [7, 11) is 0. The molecule has 0 amide bonds. The number of nitrogens with two attached hydrogens (primary N) is 1. The Hall–Kier alpha value is -1.49. The molecule has 0 radical (unpaired) electrons. The minimum Gasteiger partial charge on any atom is -0.489 e. The van der Waals surface area contributed by atoms with Crippen molar-refractivity contribution in [3.05, 3.63) is 58.1 Å². The van der Waals surface area contributed by atoms with E-state index in [2.05, 4.69) is 0 Å². The first kappa shape index (κ1) is 15.9. The smallest absolute Gasteiger partial charge is 0.138 e. The largest absolute Gasteiger partial charge is 0.489 e. The van der Waals surface area contributed by atoms with E-state index >= 15 is 0 Å². The molecule has 0 saturated heterocycles. The molecule has 0 aliphatic heterocycles. The summed E-state index contributed by atoms with van der Waals surface area (Å²) in [6.07, 6.45) is 0. The van der Waals surface area contributed by atoms with E-state index in [0.29, 0.717) is 40.3 Å². The summed E-state index contributed by atoms with van der Waals surface area (Å²) < 4.78 is 11.2. The average Bonchev–Trinajstić information content (AvgIpc) is 2.46. The van der Waals surface area contributed by atoms with Crippen LogP contribution >= 0.6 is 35.4 Å². The minimum absolute atomic E-state index is 0.236. The van der Waals surface area contributed by atoms with Crippen molar-refractivity contribution < 1.29 is 9.47 Å². The van der Waals surface area contributed by atoms with Gasteiger partial charge in [0.05, 0.1) is 10.6 Å². The van der Waals surface area contributed by atoms with Gasteiger partial charge in [-0.1, -0.05) is 47.6 Å². The first-order valence-corrected chi connectivity index (χ1v) is 7.34. The number of para-hydroxylation sites is 1. The lowest BCUT2D eigenvalue weighted by Crippen LogP contribution is -2.14. The lowest BCUT2D eigenvalue weighted by Gasteiger charge is -2.12. The molecule has 3 nitrogen and oxygen atoms in total. The highest BCUT2D eigenvalue weighted by atomic mass is 35.5. The van der Waals surface area contributed by atoms with E-state index in [4.69, 9.17) is 50.6 Å². The van der Waals surface area contributed by atoms with Gasteiger partial charge in [-0.15, -0.1) is 0 Å². The fourth-order valence-electron chi connectivity index (χ4n) is 1.69. The Bertz CT molecular complexity index is 649. The topological polar surface area (TPSA) is 44.5 Å². The fourth-order valence-corrected chi connectivity index (χ4v) is 2.21. The normalized spacial score (nSPS) is 10.2. The van der Waals surface area contributed by atoms with Crippen LogP contribution in [0.4, 0.5) is 0 Å². The van der Waals surface area contributed by atoms with Gasteiger partial charge in [-0.25, -0.2) is 0 Å². The molecule has 0 aliphatic rings. The number of thiocarbonyl (C=S) groups is 1. The zero-order valence-corrected chi connectivity index (χ0v) is 13.3. The van der Waals surface area contributed by atoms with Gasteiger partial charge in [-0.2, -0.15) is 0 Å². The van der Waals surface area contributed by atoms with Crippen LogP contribution in [0.2, 0.25) is 10.0 Å². The molecule has 0 bridgehead atoms. The zero-order valence-electron chi connectivity index (χ0n) is 11.0. The van der Waals surface area contributed by atoms with Gasteiger partial charge in [-0.3, -0.25) is 0 Å². The summed E-state index contributed by atoms with van der Waals surface area (Å²) in [5.74, 6) is 1.20. The third kappa shape index (κ3) is 4.49. The second-order valence-corrected chi connectivity index (χ2v) is 5.42. The Kier molecular flexibility index (Phi) is 5.67. The SMILES string of the molecule is NC(=S)c1cc(Cl)ccc1OCCOc1ccccc1Cl. The Labute approximate surface area is 138 Å². The first-order valence-electron chi connectivity index (χ1n) is 6.17. The molecule has 0 unspecified atom stereocenters. The van der Waals surface area contributed by atoms with Crippen LogP contribution in [-0.2, 0) is 0 Å². The van der Waals surface area contributed by atoms with Gasteiger partial charge in [-0.05, 0) is 30.3 Å². The standard InChI is InChI=1S/C15H13Cl2NO2S/c16-10-5-6-13(11(9-10)15(18)21)19-7-8-20-14-4-2-1-3-12(14)17/h1-6,9H,7-8H2,(H2,18,21). The predicted octanol–water partition coefficient (Wildman–Crippen LogP) is 4.09. The van der Waals surface area contributed by atoms with Gasteiger partial charge in [0.25, 0.3) is 0 Å². The number of ether oxygens (including phenoxy) is 2. The molecule has 0 atom stereocenters. The molecule has 110 valence electrons. The predicted molar refractivity (Wildman–Crippen MR) is 89.8 cm³/mol. The molecule has 2 rings (SSSR count). The Balaban J connectivity index is 1.92. The molecule has 0 spiro atoms. The molecule has 0 saturated carbocycles. The van der Waals surface area contributed by atoms with Crippen LogP contribution in [0.15, 0.2) is 42.5 Å². The third-order valence-corrected chi connectivity index (χ3v) is 3.41. The van der Waals surface area contributed by atoms with Gasteiger partial charge in [0.15, 0.2) is 0 Å². The lowest BCUT2D eigenvalue weighted by molar-refractivity contribution is 0.217. The summed E-state index contributed by atoms with van der Waals surface area (Å²) in [6.45, 7) is 0.686. The van der Waals surface area contributed by atoms with Crippen LogP contribution in [0.25, 0.3) is 0 Å². The highest BCUT2D eigenvalue weighted by Crippen LogP contribution is 2.24. The molecule has 2 aromatic rings. The van der Waals surface area contributed by atoms with Gasteiger partial charge >= 0.3 is 0 Å². The Morgan fingerprint density at radius 2 is 1.67 bits per heavy atom. The Morgan fingerprint density at radius 1 is 1.00 bits per heavy atom. The molecule has 2 N–H and O–H groups in total. The van der Waals surface area contributed by atoms with Crippen LogP contribution in [-0.4, -0.2) is 18.2 Å². The molecule has 6 heteroatoms. The molecule has 0 fully saturated rings. The molecular weight excluding hydrogens is 329 g/mol. The molecule has 0 aromatic heterocycles. The van der Waals surface area contributed by atoms with Crippen molar-refractivity contribution in [2.75, 3.05) is 13.2 Å². The van der Waals surface area contributed by atoms with Crippen molar-refractivity contribution in [2.24, 2.45) is 5.73 Å². The van der Waals surface area contributed by atoms with Crippen molar-refractivity contribution in [2.45, 2.75) is 0 Å². The van der Waals surface area contributed by atoms with E-state index in [0.717, 1.165) is 0 Å². The molecule has 0 heterocycles. The second-order valence-electron chi connectivity index (χ2n) is 4.13. The summed E-state index contributed by atoms with van der Waals surface area (Å²) in [5.41, 5.74) is 6.25. The number of benzene rings is 2. The monoisotopic (exact) mass is 341 g/mol. The van der Waals surface area contributed by atoms with Crippen LogP contribution in [0.1, 0.15) is 5.56 Å². The van der Waals surface area contributed by atoms with Crippen LogP contribution in [0.3, 0.4) is 0 Å². The number of halogens is 2. The number of hydrogen-bond acceptors (Lipinski definition) is 3. The van der Waals surface area contributed by atoms with Gasteiger partial charge in [0.1, 0.15) is 29.7 Å². The first-order chi connectivity index (χ1) is 10.1. The highest BCUT2D eigenvalue weighted by molar-refractivity contribution is 7.80. The van der Waals surface area contributed by atoms with Crippen molar-refractivity contribution >= 4 is 40.4 Å². The summed E-state index contributed by atoms with van der Waals surface area (Å²) >= 11 is 16.9.